The van der Waals surface area contributed by atoms with Crippen molar-refractivity contribution < 1.29 is 9.53 Å². The van der Waals surface area contributed by atoms with Crippen LogP contribution in [-0.4, -0.2) is 41.0 Å². The first-order chi connectivity index (χ1) is 13.0. The number of carbonyl (C=O) groups is 1. The number of aromatic nitrogens is 2. The predicted molar refractivity (Wildman–Crippen MR) is 105 cm³/mol. The molecular formula is C19H17Cl2N3O3. The largest absolute Gasteiger partial charge is 0.383 e. The van der Waals surface area contributed by atoms with Crippen molar-refractivity contribution in [1.82, 2.24) is 14.9 Å². The predicted octanol–water partition coefficient (Wildman–Crippen LogP) is 3.52. The Hall–Kier alpha value is -2.41. The maximum absolute atomic E-state index is 13.0. The van der Waals surface area contributed by atoms with E-state index in [-0.39, 0.29) is 28.6 Å². The molecule has 0 aliphatic heterocycles. The number of para-hydroxylation sites is 1. The number of carbonyl (C=O) groups excluding carboxylic acids is 1. The fraction of sp³-hybridized carbons (Fsp3) is 0.211. The molecule has 1 aromatic heterocycles. The van der Waals surface area contributed by atoms with Gasteiger partial charge in [-0.05, 0) is 24.3 Å². The van der Waals surface area contributed by atoms with Crippen LogP contribution in [0.15, 0.2) is 47.3 Å². The number of H-pyrrole nitrogens is 1. The first-order valence-corrected chi connectivity index (χ1v) is 8.97. The van der Waals surface area contributed by atoms with Gasteiger partial charge in [0, 0.05) is 13.7 Å². The van der Waals surface area contributed by atoms with Crippen molar-refractivity contribution in [2.45, 2.75) is 6.54 Å². The Morgan fingerprint density at radius 3 is 2.74 bits per heavy atom. The zero-order valence-corrected chi connectivity index (χ0v) is 16.0. The van der Waals surface area contributed by atoms with E-state index in [2.05, 4.69) is 9.97 Å². The van der Waals surface area contributed by atoms with Gasteiger partial charge in [-0.1, -0.05) is 41.4 Å². The molecule has 1 heterocycles. The summed E-state index contributed by atoms with van der Waals surface area (Å²) in [6.45, 7) is 0.724. The average Bonchev–Trinajstić information content (AvgIpc) is 2.67. The van der Waals surface area contributed by atoms with Crippen molar-refractivity contribution in [3.05, 3.63) is 74.3 Å². The number of ether oxygens (including phenoxy) is 1. The van der Waals surface area contributed by atoms with Crippen LogP contribution < -0.4 is 5.56 Å². The Bertz CT molecular complexity index is 1040. The number of methoxy groups -OCH3 is 1. The Morgan fingerprint density at radius 2 is 1.96 bits per heavy atom. The average molecular weight is 406 g/mol. The van der Waals surface area contributed by atoms with Gasteiger partial charge in [0.05, 0.1) is 39.7 Å². The minimum atomic E-state index is -0.324. The van der Waals surface area contributed by atoms with Gasteiger partial charge in [0.2, 0.25) is 0 Å². The molecule has 0 aliphatic carbocycles. The quantitative estimate of drug-likeness (QED) is 0.680. The third kappa shape index (κ3) is 4.30. The Labute approximate surface area is 165 Å². The number of halogens is 2. The van der Waals surface area contributed by atoms with E-state index in [0.29, 0.717) is 34.9 Å². The summed E-state index contributed by atoms with van der Waals surface area (Å²) in [7, 11) is 1.55. The number of benzene rings is 2. The lowest BCUT2D eigenvalue weighted by Gasteiger charge is -2.22. The normalized spacial score (nSPS) is 10.9. The Morgan fingerprint density at radius 1 is 1.19 bits per heavy atom. The molecule has 0 aliphatic rings. The van der Waals surface area contributed by atoms with Gasteiger partial charge in [-0.3, -0.25) is 9.59 Å². The van der Waals surface area contributed by atoms with Gasteiger partial charge in [0.15, 0.2) is 0 Å². The fourth-order valence-electron chi connectivity index (χ4n) is 2.68. The number of nitrogens with one attached hydrogen (secondary N) is 1. The maximum atomic E-state index is 13.0. The highest BCUT2D eigenvalue weighted by Crippen LogP contribution is 2.26. The van der Waals surface area contributed by atoms with Crippen LogP contribution in [0.4, 0.5) is 0 Å². The highest BCUT2D eigenvalue weighted by atomic mass is 35.5. The van der Waals surface area contributed by atoms with Crippen LogP contribution in [0.5, 0.6) is 0 Å². The molecule has 3 aromatic rings. The first-order valence-electron chi connectivity index (χ1n) is 8.21. The molecule has 140 valence electrons. The van der Waals surface area contributed by atoms with Gasteiger partial charge in [-0.2, -0.15) is 0 Å². The highest BCUT2D eigenvalue weighted by Gasteiger charge is 2.21. The van der Waals surface area contributed by atoms with Crippen LogP contribution >= 0.6 is 23.2 Å². The van der Waals surface area contributed by atoms with E-state index in [1.54, 1.807) is 49.6 Å². The van der Waals surface area contributed by atoms with Crippen molar-refractivity contribution in [3.8, 4) is 0 Å². The molecule has 0 spiro atoms. The monoisotopic (exact) mass is 405 g/mol. The summed E-state index contributed by atoms with van der Waals surface area (Å²) in [5, 5.41) is 0.979. The van der Waals surface area contributed by atoms with Crippen molar-refractivity contribution in [2.75, 3.05) is 20.3 Å². The van der Waals surface area contributed by atoms with Crippen LogP contribution in [0.2, 0.25) is 10.0 Å². The molecule has 1 amide bonds. The van der Waals surface area contributed by atoms with Crippen molar-refractivity contribution >= 4 is 40.0 Å². The summed E-state index contributed by atoms with van der Waals surface area (Å²) >= 11 is 12.2. The molecule has 8 heteroatoms. The van der Waals surface area contributed by atoms with E-state index in [1.807, 2.05) is 0 Å². The minimum Gasteiger partial charge on any atom is -0.383 e. The standard InChI is InChI=1S/C19H17Cl2N3O3/c1-27-10-9-24(19(26)13-6-4-7-14(20)17(13)21)11-16-22-15-8-3-2-5-12(15)18(25)23-16/h2-8H,9-11H2,1H3,(H,22,23,25). The smallest absolute Gasteiger partial charge is 0.258 e. The number of fused-ring (bicyclic) bond motifs is 1. The summed E-state index contributed by atoms with van der Waals surface area (Å²) in [6, 6.07) is 11.9. The first kappa shape index (κ1) is 19.4. The number of rotatable bonds is 6. The summed E-state index contributed by atoms with van der Waals surface area (Å²) in [6.07, 6.45) is 0. The van der Waals surface area contributed by atoms with E-state index in [9.17, 15) is 9.59 Å². The lowest BCUT2D eigenvalue weighted by Crippen LogP contribution is -2.35. The zero-order chi connectivity index (χ0) is 19.4. The van der Waals surface area contributed by atoms with Gasteiger partial charge in [-0.15, -0.1) is 0 Å². The number of aromatic amines is 1. The van der Waals surface area contributed by atoms with E-state index >= 15 is 0 Å². The van der Waals surface area contributed by atoms with Gasteiger partial charge in [-0.25, -0.2) is 4.98 Å². The molecule has 0 unspecified atom stereocenters. The second-order valence-corrected chi connectivity index (χ2v) is 6.64. The topological polar surface area (TPSA) is 75.3 Å². The molecule has 0 fully saturated rings. The van der Waals surface area contributed by atoms with E-state index < -0.39 is 0 Å². The van der Waals surface area contributed by atoms with Crippen LogP contribution in [0.1, 0.15) is 16.2 Å². The van der Waals surface area contributed by atoms with Gasteiger partial charge in [0.25, 0.3) is 11.5 Å². The molecule has 0 atom stereocenters. The maximum Gasteiger partial charge on any atom is 0.258 e. The fourth-order valence-corrected chi connectivity index (χ4v) is 3.07. The van der Waals surface area contributed by atoms with Crippen molar-refractivity contribution in [2.24, 2.45) is 0 Å². The minimum absolute atomic E-state index is 0.102. The lowest BCUT2D eigenvalue weighted by molar-refractivity contribution is 0.0675. The van der Waals surface area contributed by atoms with Crippen LogP contribution in [0.3, 0.4) is 0 Å². The molecule has 0 saturated carbocycles. The van der Waals surface area contributed by atoms with Crippen molar-refractivity contribution in [3.63, 3.8) is 0 Å². The molecule has 27 heavy (non-hydrogen) atoms. The Kier molecular flexibility index (Phi) is 6.11. The van der Waals surface area contributed by atoms with Gasteiger partial charge < -0.3 is 14.6 Å². The number of nitrogens with zero attached hydrogens (tertiary/aromatic N) is 2. The Balaban J connectivity index is 1.94. The van der Waals surface area contributed by atoms with Gasteiger partial charge >= 0.3 is 0 Å². The molecule has 0 bridgehead atoms. The van der Waals surface area contributed by atoms with E-state index in [0.717, 1.165) is 0 Å². The lowest BCUT2D eigenvalue weighted by atomic mass is 10.2. The highest BCUT2D eigenvalue weighted by molar-refractivity contribution is 6.43. The number of hydrogen-bond donors (Lipinski definition) is 1. The SMILES string of the molecule is COCCN(Cc1nc2ccccc2c(=O)[nH]1)C(=O)c1cccc(Cl)c1Cl. The molecular weight excluding hydrogens is 389 g/mol. The number of amides is 1. The molecule has 1 N–H and O–H groups in total. The van der Waals surface area contributed by atoms with Crippen LogP contribution in [-0.2, 0) is 11.3 Å². The van der Waals surface area contributed by atoms with Crippen LogP contribution in [0, 0.1) is 0 Å². The summed E-state index contributed by atoms with van der Waals surface area (Å²) in [4.78, 5) is 33.9. The summed E-state index contributed by atoms with van der Waals surface area (Å²) in [5.41, 5.74) is 0.593. The number of hydrogen-bond acceptors (Lipinski definition) is 4. The van der Waals surface area contributed by atoms with E-state index in [4.69, 9.17) is 27.9 Å². The zero-order valence-electron chi connectivity index (χ0n) is 14.5. The second kappa shape index (κ2) is 8.52. The molecule has 2 aromatic carbocycles. The van der Waals surface area contributed by atoms with Crippen molar-refractivity contribution in [1.29, 1.82) is 0 Å². The summed E-state index contributed by atoms with van der Waals surface area (Å²) < 4.78 is 5.10. The van der Waals surface area contributed by atoms with Gasteiger partial charge in [0.1, 0.15) is 5.82 Å². The molecule has 6 nitrogen and oxygen atoms in total. The molecule has 0 radical (unpaired) electrons. The van der Waals surface area contributed by atoms with E-state index in [1.165, 1.54) is 4.90 Å². The second-order valence-electron chi connectivity index (χ2n) is 5.85. The summed E-state index contributed by atoms with van der Waals surface area (Å²) in [5.74, 6) is 0.0525. The van der Waals surface area contributed by atoms with Crippen LogP contribution in [0.25, 0.3) is 10.9 Å². The molecule has 0 saturated heterocycles. The molecule has 3 rings (SSSR count). The third-order valence-electron chi connectivity index (χ3n) is 4.04. The third-order valence-corrected chi connectivity index (χ3v) is 4.86.